The second-order valence-electron chi connectivity index (χ2n) is 7.37. The van der Waals surface area contributed by atoms with Gasteiger partial charge in [-0.2, -0.15) is 0 Å². The molecule has 0 N–H and O–H groups in total. The lowest BCUT2D eigenvalue weighted by Gasteiger charge is -2.18. The predicted molar refractivity (Wildman–Crippen MR) is 79.4 cm³/mol. The number of imidazole rings is 1. The number of aromatic nitrogens is 2. The molecule has 2 aliphatic heterocycles. The summed E-state index contributed by atoms with van der Waals surface area (Å²) in [6, 6.07) is 0.331. The molecule has 0 radical (unpaired) electrons. The number of amides is 1. The van der Waals surface area contributed by atoms with Gasteiger partial charge in [0.2, 0.25) is 0 Å². The smallest absolute Gasteiger partial charge is 0.274 e. The zero-order chi connectivity index (χ0) is 15.0. The summed E-state index contributed by atoms with van der Waals surface area (Å²) in [7, 11) is 0. The molecular formula is C16H20N4O2. The third-order valence-corrected chi connectivity index (χ3v) is 5.64. The first-order valence-corrected chi connectivity index (χ1v) is 8.20. The Labute approximate surface area is 129 Å². The van der Waals surface area contributed by atoms with Crippen molar-refractivity contribution in [2.24, 2.45) is 28.8 Å². The first kappa shape index (κ1) is 12.7. The molecule has 1 aromatic heterocycles. The van der Waals surface area contributed by atoms with E-state index in [4.69, 9.17) is 4.84 Å². The van der Waals surface area contributed by atoms with Crippen LogP contribution < -0.4 is 0 Å². The molecule has 3 fully saturated rings. The number of fused-ring (bicyclic) bond motifs is 2. The molecular weight excluding hydrogens is 280 g/mol. The van der Waals surface area contributed by atoms with Crippen molar-refractivity contribution in [1.82, 2.24) is 14.5 Å². The predicted octanol–water partition coefficient (Wildman–Crippen LogP) is 1.56. The number of hydrogen-bond acceptors (Lipinski definition) is 4. The second kappa shape index (κ2) is 4.12. The number of piperidine rings is 1. The van der Waals surface area contributed by atoms with Gasteiger partial charge in [-0.05, 0) is 32.1 Å². The van der Waals surface area contributed by atoms with E-state index in [0.717, 1.165) is 19.5 Å². The van der Waals surface area contributed by atoms with Crippen molar-refractivity contribution in [3.63, 3.8) is 0 Å². The van der Waals surface area contributed by atoms with E-state index in [0.29, 0.717) is 41.5 Å². The lowest BCUT2D eigenvalue weighted by Crippen LogP contribution is -2.33. The molecule has 3 unspecified atom stereocenters. The Morgan fingerprint density at radius 3 is 2.68 bits per heavy atom. The maximum absolute atomic E-state index is 12.5. The zero-order valence-corrected chi connectivity index (χ0v) is 12.8. The number of rotatable bonds is 3. The molecule has 0 spiro atoms. The van der Waals surface area contributed by atoms with Crippen LogP contribution in [0.5, 0.6) is 0 Å². The van der Waals surface area contributed by atoms with E-state index in [2.05, 4.69) is 24.0 Å². The summed E-state index contributed by atoms with van der Waals surface area (Å²) >= 11 is 0. The molecule has 1 aromatic rings. The quantitative estimate of drug-likeness (QED) is 0.851. The molecule has 0 bridgehead atoms. The summed E-state index contributed by atoms with van der Waals surface area (Å²) in [5.74, 6) is 2.44. The topological polar surface area (TPSA) is 59.7 Å². The Hall–Kier alpha value is -1.85. The van der Waals surface area contributed by atoms with Crippen LogP contribution >= 0.6 is 0 Å². The van der Waals surface area contributed by atoms with E-state index >= 15 is 0 Å². The van der Waals surface area contributed by atoms with Crippen LogP contribution in [-0.2, 0) is 4.84 Å². The maximum Gasteiger partial charge on any atom is 0.274 e. The largest absolute Gasteiger partial charge is 0.392 e. The van der Waals surface area contributed by atoms with Gasteiger partial charge in [0, 0.05) is 37.2 Å². The number of carbonyl (C=O) groups is 1. The average Bonchev–Trinajstić information content (AvgIpc) is 3.16. The highest BCUT2D eigenvalue weighted by molar-refractivity contribution is 5.96. The van der Waals surface area contributed by atoms with Gasteiger partial charge >= 0.3 is 0 Å². The van der Waals surface area contributed by atoms with Crippen LogP contribution in [0.2, 0.25) is 0 Å². The molecule has 2 saturated carbocycles. The van der Waals surface area contributed by atoms with Gasteiger partial charge in [-0.1, -0.05) is 5.16 Å². The number of oxime groups is 1. The average molecular weight is 300 g/mol. The Bertz CT molecular complexity index is 667. The van der Waals surface area contributed by atoms with Crippen LogP contribution in [0.15, 0.2) is 17.7 Å². The van der Waals surface area contributed by atoms with E-state index < -0.39 is 0 Å². The lowest BCUT2D eigenvalue weighted by molar-refractivity contribution is 0.0766. The third kappa shape index (κ3) is 1.69. The second-order valence-corrected chi connectivity index (χ2v) is 7.37. The molecule has 22 heavy (non-hydrogen) atoms. The van der Waals surface area contributed by atoms with Crippen molar-refractivity contribution >= 4 is 11.6 Å². The van der Waals surface area contributed by atoms with E-state index in [1.165, 1.54) is 5.71 Å². The zero-order valence-electron chi connectivity index (χ0n) is 12.8. The fraction of sp³-hybridized carbons (Fsp3) is 0.688. The molecule has 4 aliphatic rings. The van der Waals surface area contributed by atoms with Gasteiger partial charge in [0.25, 0.3) is 5.91 Å². The van der Waals surface area contributed by atoms with Gasteiger partial charge in [-0.25, -0.2) is 4.98 Å². The molecule has 0 aromatic carbocycles. The monoisotopic (exact) mass is 300 g/mol. The number of likely N-dealkylation sites (tertiary alicyclic amines) is 1. The van der Waals surface area contributed by atoms with Gasteiger partial charge in [0.15, 0.2) is 0 Å². The van der Waals surface area contributed by atoms with E-state index in [9.17, 15) is 4.79 Å². The fourth-order valence-electron chi connectivity index (χ4n) is 4.13. The summed E-state index contributed by atoms with van der Waals surface area (Å²) in [6.07, 6.45) is 5.14. The summed E-state index contributed by atoms with van der Waals surface area (Å²) < 4.78 is 1.98. The van der Waals surface area contributed by atoms with Gasteiger partial charge in [0.1, 0.15) is 11.8 Å². The van der Waals surface area contributed by atoms with Gasteiger partial charge < -0.3 is 14.3 Å². The molecule has 2 aliphatic carbocycles. The Morgan fingerprint density at radius 2 is 2.14 bits per heavy atom. The minimum Gasteiger partial charge on any atom is -0.392 e. The van der Waals surface area contributed by atoms with Crippen LogP contribution in [-0.4, -0.2) is 45.3 Å². The minimum atomic E-state index is 0.0688. The summed E-state index contributed by atoms with van der Waals surface area (Å²) in [6.45, 7) is 5.86. The van der Waals surface area contributed by atoms with Crippen molar-refractivity contribution < 1.29 is 9.63 Å². The number of hydrogen-bond donors (Lipinski definition) is 0. The highest BCUT2D eigenvalue weighted by Gasteiger charge is 2.64. The molecule has 116 valence electrons. The van der Waals surface area contributed by atoms with E-state index in [-0.39, 0.29) is 5.91 Å². The highest BCUT2D eigenvalue weighted by atomic mass is 16.7. The van der Waals surface area contributed by atoms with Crippen LogP contribution in [0, 0.1) is 23.7 Å². The maximum atomic E-state index is 12.5. The number of nitrogens with zero attached hydrogens (tertiary/aromatic N) is 4. The van der Waals surface area contributed by atoms with Crippen LogP contribution in [0.3, 0.4) is 0 Å². The number of carbonyl (C=O) groups excluding carboxylic acids is 1. The van der Waals surface area contributed by atoms with Gasteiger partial charge in [-0.15, -0.1) is 0 Å². The molecule has 1 amide bonds. The summed E-state index contributed by atoms with van der Waals surface area (Å²) in [5, 5.41) is 4.26. The molecule has 5 rings (SSSR count). The normalized spacial score (nSPS) is 37.7. The molecule has 6 heteroatoms. The standard InChI is InChI=1S/C16H20N4O2/c1-8(2)20-6-12(17-7-20)16(21)19-4-10-11(5-19)14(10)15-9-3-13(9)22-18-15/h6-11,13-14H,3-5H2,1-2H3/t9?,10-,11+,13?,14?. The van der Waals surface area contributed by atoms with Crippen molar-refractivity contribution in [3.8, 4) is 0 Å². The fourth-order valence-corrected chi connectivity index (χ4v) is 4.13. The SMILES string of the molecule is CC(C)n1cnc(C(=O)N2C[C@@H]3C(C4=NOC5CC45)[C@@H]3C2)c1. The van der Waals surface area contributed by atoms with Crippen molar-refractivity contribution in [3.05, 3.63) is 18.2 Å². The lowest BCUT2D eigenvalue weighted by atomic mass is 10.1. The van der Waals surface area contributed by atoms with Gasteiger partial charge in [0.05, 0.1) is 12.0 Å². The van der Waals surface area contributed by atoms with E-state index in [1.54, 1.807) is 6.33 Å². The Kier molecular flexibility index (Phi) is 2.37. The van der Waals surface area contributed by atoms with Crippen LogP contribution in [0.25, 0.3) is 0 Å². The van der Waals surface area contributed by atoms with Crippen molar-refractivity contribution in [2.45, 2.75) is 32.4 Å². The highest BCUT2D eigenvalue weighted by Crippen LogP contribution is 2.58. The van der Waals surface area contributed by atoms with Gasteiger partial charge in [-0.3, -0.25) is 4.79 Å². The molecule has 3 heterocycles. The van der Waals surface area contributed by atoms with Crippen molar-refractivity contribution in [1.29, 1.82) is 0 Å². The summed E-state index contributed by atoms with van der Waals surface area (Å²) in [4.78, 5) is 24.1. The molecule has 5 atom stereocenters. The minimum absolute atomic E-state index is 0.0688. The van der Waals surface area contributed by atoms with E-state index in [1.807, 2.05) is 15.7 Å². The molecule has 1 saturated heterocycles. The van der Waals surface area contributed by atoms with Crippen LogP contribution in [0.1, 0.15) is 36.8 Å². The first-order chi connectivity index (χ1) is 10.6. The Morgan fingerprint density at radius 1 is 1.36 bits per heavy atom. The summed E-state index contributed by atoms with van der Waals surface area (Å²) in [5.41, 5.74) is 1.85. The first-order valence-electron chi connectivity index (χ1n) is 8.20. The van der Waals surface area contributed by atoms with Crippen molar-refractivity contribution in [2.75, 3.05) is 13.1 Å². The molecule has 6 nitrogen and oxygen atoms in total. The Balaban J connectivity index is 1.25. The third-order valence-electron chi connectivity index (χ3n) is 5.64. The van der Waals surface area contributed by atoms with Crippen LogP contribution in [0.4, 0.5) is 0 Å².